The molecule has 3 rings (SSSR count). The predicted octanol–water partition coefficient (Wildman–Crippen LogP) is 2.66. The van der Waals surface area contributed by atoms with Crippen molar-refractivity contribution in [3.05, 3.63) is 46.0 Å². The topological polar surface area (TPSA) is 76.8 Å². The van der Waals surface area contributed by atoms with Crippen LogP contribution in [0.15, 0.2) is 33.5 Å². The first-order chi connectivity index (χ1) is 12.0. The Labute approximate surface area is 145 Å². The van der Waals surface area contributed by atoms with Crippen molar-refractivity contribution in [3.8, 4) is 0 Å². The summed E-state index contributed by atoms with van der Waals surface area (Å²) in [6.45, 7) is 4.33. The minimum absolute atomic E-state index is 0.0439. The summed E-state index contributed by atoms with van der Waals surface area (Å²) in [6.07, 6.45) is 2.22. The van der Waals surface area contributed by atoms with Crippen LogP contribution in [0.4, 0.5) is 0 Å². The summed E-state index contributed by atoms with van der Waals surface area (Å²) in [6, 6.07) is 6.34. The lowest BCUT2D eigenvalue weighted by molar-refractivity contribution is -0.149. The van der Waals surface area contributed by atoms with E-state index < -0.39 is 23.5 Å². The molecule has 1 aromatic carbocycles. The van der Waals surface area contributed by atoms with Crippen molar-refractivity contribution in [2.75, 3.05) is 13.2 Å². The van der Waals surface area contributed by atoms with E-state index in [2.05, 4.69) is 0 Å². The van der Waals surface area contributed by atoms with E-state index in [0.717, 1.165) is 18.4 Å². The van der Waals surface area contributed by atoms with Gasteiger partial charge in [0.2, 0.25) is 0 Å². The molecule has 1 saturated heterocycles. The Hall–Kier alpha value is -2.63. The van der Waals surface area contributed by atoms with Gasteiger partial charge in [-0.2, -0.15) is 0 Å². The summed E-state index contributed by atoms with van der Waals surface area (Å²) >= 11 is 0. The zero-order valence-corrected chi connectivity index (χ0v) is 14.4. The SMILES string of the molecule is CCOC(=O)C1CCCCN1C(=O)c1cc2ccc(C)cc2c(=O)o1. The Morgan fingerprint density at radius 2 is 2.08 bits per heavy atom. The molecule has 25 heavy (non-hydrogen) atoms. The van der Waals surface area contributed by atoms with Crippen LogP contribution in [0, 0.1) is 6.92 Å². The molecule has 1 fully saturated rings. The van der Waals surface area contributed by atoms with Gasteiger partial charge >= 0.3 is 11.6 Å². The Morgan fingerprint density at radius 1 is 1.28 bits per heavy atom. The largest absolute Gasteiger partial charge is 0.464 e. The molecule has 0 aliphatic carbocycles. The summed E-state index contributed by atoms with van der Waals surface area (Å²) in [5.41, 5.74) is 0.395. The number of carbonyl (C=O) groups excluding carboxylic acids is 2. The first kappa shape index (κ1) is 17.2. The number of ether oxygens (including phenoxy) is 1. The zero-order chi connectivity index (χ0) is 18.0. The first-order valence-electron chi connectivity index (χ1n) is 8.53. The molecular weight excluding hydrogens is 322 g/mol. The molecule has 0 N–H and O–H groups in total. The fourth-order valence-electron chi connectivity index (χ4n) is 3.20. The molecule has 1 unspecified atom stereocenters. The number of benzene rings is 1. The van der Waals surface area contributed by atoms with Crippen LogP contribution in [-0.2, 0) is 9.53 Å². The predicted molar refractivity (Wildman–Crippen MR) is 92.5 cm³/mol. The van der Waals surface area contributed by atoms with E-state index in [4.69, 9.17) is 9.15 Å². The molecule has 0 bridgehead atoms. The van der Waals surface area contributed by atoms with E-state index in [1.165, 1.54) is 4.90 Å². The van der Waals surface area contributed by atoms with Crippen molar-refractivity contribution >= 4 is 22.6 Å². The summed E-state index contributed by atoms with van der Waals surface area (Å²) in [5.74, 6) is -0.899. The molecule has 1 aliphatic rings. The van der Waals surface area contributed by atoms with Crippen LogP contribution in [0.1, 0.15) is 42.3 Å². The molecule has 2 heterocycles. The monoisotopic (exact) mass is 343 g/mol. The maximum atomic E-state index is 12.9. The number of nitrogens with zero attached hydrogens (tertiary/aromatic N) is 1. The van der Waals surface area contributed by atoms with E-state index in [-0.39, 0.29) is 12.4 Å². The number of aryl methyl sites for hydroxylation is 1. The van der Waals surface area contributed by atoms with Crippen molar-refractivity contribution in [3.63, 3.8) is 0 Å². The highest BCUT2D eigenvalue weighted by Crippen LogP contribution is 2.22. The maximum absolute atomic E-state index is 12.9. The van der Waals surface area contributed by atoms with Crippen LogP contribution in [0.2, 0.25) is 0 Å². The number of esters is 1. The highest BCUT2D eigenvalue weighted by atomic mass is 16.5. The van der Waals surface area contributed by atoms with Crippen LogP contribution < -0.4 is 5.63 Å². The van der Waals surface area contributed by atoms with Gasteiger partial charge in [-0.05, 0) is 50.6 Å². The third kappa shape index (κ3) is 3.43. The molecule has 6 nitrogen and oxygen atoms in total. The second-order valence-electron chi connectivity index (χ2n) is 6.25. The molecule has 0 radical (unpaired) electrons. The molecule has 1 atom stereocenters. The average Bonchev–Trinajstić information content (AvgIpc) is 2.61. The number of hydrogen-bond donors (Lipinski definition) is 0. The third-order valence-corrected chi connectivity index (χ3v) is 4.45. The summed E-state index contributed by atoms with van der Waals surface area (Å²) in [5, 5.41) is 1.09. The lowest BCUT2D eigenvalue weighted by atomic mass is 10.0. The molecule has 2 aromatic rings. The summed E-state index contributed by atoms with van der Waals surface area (Å²) in [7, 11) is 0. The normalized spacial score (nSPS) is 17.5. The minimum atomic E-state index is -0.625. The Bertz CT molecular complexity index is 870. The number of amides is 1. The van der Waals surface area contributed by atoms with Gasteiger partial charge in [-0.3, -0.25) is 4.79 Å². The standard InChI is InChI=1S/C19H21NO5/c1-3-24-19(23)15-6-4-5-9-20(15)17(21)16-11-13-8-7-12(2)10-14(13)18(22)25-16/h7-8,10-11,15H,3-6,9H2,1-2H3. The molecule has 132 valence electrons. The highest BCUT2D eigenvalue weighted by molar-refractivity contribution is 5.97. The highest BCUT2D eigenvalue weighted by Gasteiger charge is 2.34. The lowest BCUT2D eigenvalue weighted by Crippen LogP contribution is -2.48. The van der Waals surface area contributed by atoms with E-state index in [1.54, 1.807) is 25.1 Å². The van der Waals surface area contributed by atoms with Gasteiger partial charge in [-0.15, -0.1) is 0 Å². The van der Waals surface area contributed by atoms with Gasteiger partial charge in [-0.1, -0.05) is 17.7 Å². The van der Waals surface area contributed by atoms with Gasteiger partial charge in [0.15, 0.2) is 5.76 Å². The molecular formula is C19H21NO5. The zero-order valence-electron chi connectivity index (χ0n) is 14.4. The summed E-state index contributed by atoms with van der Waals surface area (Å²) < 4.78 is 10.3. The molecule has 6 heteroatoms. The second kappa shape index (κ2) is 7.09. The van der Waals surface area contributed by atoms with Crippen molar-refractivity contribution in [2.45, 2.75) is 39.2 Å². The van der Waals surface area contributed by atoms with Crippen LogP contribution in [0.5, 0.6) is 0 Å². The van der Waals surface area contributed by atoms with E-state index in [9.17, 15) is 14.4 Å². The number of fused-ring (bicyclic) bond motifs is 1. The molecule has 1 amide bonds. The van der Waals surface area contributed by atoms with Gasteiger partial charge in [0.25, 0.3) is 5.91 Å². The Morgan fingerprint density at radius 3 is 2.84 bits per heavy atom. The minimum Gasteiger partial charge on any atom is -0.464 e. The van der Waals surface area contributed by atoms with Gasteiger partial charge in [0.1, 0.15) is 6.04 Å². The van der Waals surface area contributed by atoms with Crippen molar-refractivity contribution < 1.29 is 18.7 Å². The van der Waals surface area contributed by atoms with Crippen molar-refractivity contribution in [2.24, 2.45) is 0 Å². The lowest BCUT2D eigenvalue weighted by Gasteiger charge is -2.33. The van der Waals surface area contributed by atoms with Crippen molar-refractivity contribution in [1.29, 1.82) is 0 Å². The van der Waals surface area contributed by atoms with Gasteiger partial charge in [0, 0.05) is 6.54 Å². The molecule has 0 saturated carbocycles. The fraction of sp³-hybridized carbons (Fsp3) is 0.421. The molecule has 1 aliphatic heterocycles. The number of hydrogen-bond acceptors (Lipinski definition) is 5. The van der Waals surface area contributed by atoms with E-state index >= 15 is 0 Å². The molecule has 0 spiro atoms. The quantitative estimate of drug-likeness (QED) is 0.801. The number of rotatable bonds is 3. The Balaban J connectivity index is 1.96. The smallest absolute Gasteiger partial charge is 0.344 e. The number of carbonyl (C=O) groups is 2. The van der Waals surface area contributed by atoms with E-state index in [1.807, 2.05) is 13.0 Å². The Kier molecular flexibility index (Phi) is 4.88. The van der Waals surface area contributed by atoms with E-state index in [0.29, 0.717) is 23.7 Å². The van der Waals surface area contributed by atoms with Gasteiger partial charge in [-0.25, -0.2) is 9.59 Å². The van der Waals surface area contributed by atoms with Gasteiger partial charge in [0.05, 0.1) is 12.0 Å². The number of piperidine rings is 1. The first-order valence-corrected chi connectivity index (χ1v) is 8.53. The van der Waals surface area contributed by atoms with Crippen LogP contribution in [0.3, 0.4) is 0 Å². The number of likely N-dealkylation sites (tertiary alicyclic amines) is 1. The van der Waals surface area contributed by atoms with Crippen LogP contribution in [0.25, 0.3) is 10.8 Å². The third-order valence-electron chi connectivity index (χ3n) is 4.45. The second-order valence-corrected chi connectivity index (χ2v) is 6.25. The van der Waals surface area contributed by atoms with Crippen LogP contribution >= 0.6 is 0 Å². The average molecular weight is 343 g/mol. The van der Waals surface area contributed by atoms with Gasteiger partial charge < -0.3 is 14.1 Å². The summed E-state index contributed by atoms with van der Waals surface area (Å²) in [4.78, 5) is 38.7. The maximum Gasteiger partial charge on any atom is 0.344 e. The fourth-order valence-corrected chi connectivity index (χ4v) is 3.20. The molecule has 1 aromatic heterocycles. The van der Waals surface area contributed by atoms with Crippen molar-refractivity contribution in [1.82, 2.24) is 4.90 Å². The van der Waals surface area contributed by atoms with Crippen LogP contribution in [-0.4, -0.2) is 36.0 Å².